The molecule has 0 saturated heterocycles. The number of hydrogen-bond donors (Lipinski definition) is 1. The summed E-state index contributed by atoms with van der Waals surface area (Å²) < 4.78 is 30.2. The van der Waals surface area contributed by atoms with Crippen molar-refractivity contribution in [2.75, 3.05) is 24.2 Å². The van der Waals surface area contributed by atoms with Gasteiger partial charge in [-0.1, -0.05) is 19.1 Å². The fourth-order valence-corrected chi connectivity index (χ4v) is 2.63. The molecule has 1 amide bonds. The lowest BCUT2D eigenvalue weighted by Crippen LogP contribution is -2.43. The van der Waals surface area contributed by atoms with Gasteiger partial charge in [-0.05, 0) is 25.5 Å². The fraction of sp³-hybridized carbons (Fsp3) is 0.500. The van der Waals surface area contributed by atoms with E-state index in [1.54, 1.807) is 24.3 Å². The van der Waals surface area contributed by atoms with Gasteiger partial charge in [0.15, 0.2) is 0 Å². The number of nitrogens with one attached hydrogen (secondary N) is 1. The van der Waals surface area contributed by atoms with E-state index in [1.165, 1.54) is 7.11 Å². The first-order chi connectivity index (χ1) is 9.79. The van der Waals surface area contributed by atoms with Gasteiger partial charge in [-0.3, -0.25) is 9.10 Å². The smallest absolute Gasteiger partial charge is 0.240 e. The van der Waals surface area contributed by atoms with Gasteiger partial charge in [0.05, 0.1) is 19.1 Å². The number of para-hydroxylation sites is 2. The predicted octanol–water partition coefficient (Wildman–Crippen LogP) is 1.38. The average Bonchev–Trinajstić information content (AvgIpc) is 2.43. The number of anilines is 1. The molecule has 21 heavy (non-hydrogen) atoms. The second kappa shape index (κ2) is 7.31. The SMILES string of the molecule is CC[C@@H](C)NC(=O)CN(c1ccccc1OC)S(C)(=O)=O. The maximum atomic E-state index is 12.0. The van der Waals surface area contributed by atoms with E-state index in [2.05, 4.69) is 5.32 Å². The molecule has 0 radical (unpaired) electrons. The zero-order valence-corrected chi connectivity index (χ0v) is 13.6. The third-order valence-corrected chi connectivity index (χ3v) is 4.19. The van der Waals surface area contributed by atoms with Gasteiger partial charge in [0.1, 0.15) is 12.3 Å². The Morgan fingerprint density at radius 1 is 1.38 bits per heavy atom. The van der Waals surface area contributed by atoms with Gasteiger partial charge >= 0.3 is 0 Å². The fourth-order valence-electron chi connectivity index (χ4n) is 1.77. The molecule has 0 aromatic heterocycles. The molecular formula is C14H22N2O4S. The third-order valence-electron chi connectivity index (χ3n) is 3.06. The van der Waals surface area contributed by atoms with E-state index < -0.39 is 10.0 Å². The first-order valence-electron chi connectivity index (χ1n) is 6.69. The van der Waals surface area contributed by atoms with Crippen molar-refractivity contribution in [2.24, 2.45) is 0 Å². The van der Waals surface area contributed by atoms with Gasteiger partial charge in [0.2, 0.25) is 15.9 Å². The number of sulfonamides is 1. The molecule has 0 spiro atoms. The molecular weight excluding hydrogens is 292 g/mol. The van der Waals surface area contributed by atoms with Crippen LogP contribution in [0.1, 0.15) is 20.3 Å². The molecule has 0 aliphatic heterocycles. The maximum absolute atomic E-state index is 12.0. The lowest BCUT2D eigenvalue weighted by molar-refractivity contribution is -0.120. The van der Waals surface area contributed by atoms with Crippen LogP contribution in [0.4, 0.5) is 5.69 Å². The Morgan fingerprint density at radius 3 is 2.52 bits per heavy atom. The second-order valence-corrected chi connectivity index (χ2v) is 6.73. The molecule has 1 aromatic rings. The number of amides is 1. The molecule has 1 atom stereocenters. The lowest BCUT2D eigenvalue weighted by atomic mass is 10.2. The Kier molecular flexibility index (Phi) is 6.02. The van der Waals surface area contributed by atoms with Crippen LogP contribution < -0.4 is 14.4 Å². The van der Waals surface area contributed by atoms with Crippen molar-refractivity contribution in [3.05, 3.63) is 24.3 Å². The minimum absolute atomic E-state index is 0.00317. The van der Waals surface area contributed by atoms with Crippen LogP contribution >= 0.6 is 0 Å². The summed E-state index contributed by atoms with van der Waals surface area (Å²) in [5, 5.41) is 2.75. The molecule has 0 fully saturated rings. The first kappa shape index (κ1) is 17.3. The largest absolute Gasteiger partial charge is 0.495 e. The number of carbonyl (C=O) groups excluding carboxylic acids is 1. The van der Waals surface area contributed by atoms with Crippen molar-refractivity contribution in [3.63, 3.8) is 0 Å². The molecule has 0 heterocycles. The van der Waals surface area contributed by atoms with Crippen LogP contribution in [-0.4, -0.2) is 40.3 Å². The van der Waals surface area contributed by atoms with Crippen LogP contribution in [0, 0.1) is 0 Å². The standard InChI is InChI=1S/C14H22N2O4S/c1-5-11(2)15-14(17)10-16(21(4,18)19)12-8-6-7-9-13(12)20-3/h6-9,11H,5,10H2,1-4H3,(H,15,17)/t11-/m1/s1. The Labute approximate surface area is 126 Å². The zero-order valence-electron chi connectivity index (χ0n) is 12.8. The number of carbonyl (C=O) groups is 1. The number of benzene rings is 1. The topological polar surface area (TPSA) is 75.7 Å². The molecule has 0 unspecified atom stereocenters. The molecule has 0 saturated carbocycles. The third kappa shape index (κ3) is 4.93. The van der Waals surface area contributed by atoms with Crippen molar-refractivity contribution in [1.82, 2.24) is 5.32 Å². The summed E-state index contributed by atoms with van der Waals surface area (Å²) in [6, 6.07) is 6.69. The Bertz CT molecular complexity index is 586. The molecule has 0 bridgehead atoms. The molecule has 6 nitrogen and oxygen atoms in total. The van der Waals surface area contributed by atoms with E-state index in [9.17, 15) is 13.2 Å². The van der Waals surface area contributed by atoms with Crippen LogP contribution in [0.3, 0.4) is 0 Å². The summed E-state index contributed by atoms with van der Waals surface area (Å²) in [6.07, 6.45) is 1.84. The summed E-state index contributed by atoms with van der Waals surface area (Å²) >= 11 is 0. The summed E-state index contributed by atoms with van der Waals surface area (Å²) in [6.45, 7) is 3.54. The number of ether oxygens (including phenoxy) is 1. The van der Waals surface area contributed by atoms with Gasteiger partial charge in [0.25, 0.3) is 0 Å². The molecule has 0 aliphatic carbocycles. The minimum atomic E-state index is -3.60. The highest BCUT2D eigenvalue weighted by molar-refractivity contribution is 7.92. The maximum Gasteiger partial charge on any atom is 0.240 e. The van der Waals surface area contributed by atoms with Crippen molar-refractivity contribution in [1.29, 1.82) is 0 Å². The molecule has 1 N–H and O–H groups in total. The lowest BCUT2D eigenvalue weighted by Gasteiger charge is -2.24. The molecule has 118 valence electrons. The van der Waals surface area contributed by atoms with E-state index in [0.29, 0.717) is 11.4 Å². The van der Waals surface area contributed by atoms with Crippen LogP contribution in [0.15, 0.2) is 24.3 Å². The monoisotopic (exact) mass is 314 g/mol. The van der Waals surface area contributed by atoms with Gasteiger partial charge in [-0.15, -0.1) is 0 Å². The van der Waals surface area contributed by atoms with E-state index in [1.807, 2.05) is 13.8 Å². The molecule has 0 aliphatic rings. The zero-order chi connectivity index (χ0) is 16.0. The molecule has 1 aromatic carbocycles. The second-order valence-electron chi connectivity index (χ2n) is 4.82. The number of nitrogens with zero attached hydrogens (tertiary/aromatic N) is 1. The minimum Gasteiger partial charge on any atom is -0.495 e. The van der Waals surface area contributed by atoms with E-state index in [4.69, 9.17) is 4.74 Å². The van der Waals surface area contributed by atoms with Gasteiger partial charge in [-0.2, -0.15) is 0 Å². The Balaban J connectivity index is 3.06. The molecule has 1 rings (SSSR count). The first-order valence-corrected chi connectivity index (χ1v) is 8.54. The van der Waals surface area contributed by atoms with Crippen molar-refractivity contribution >= 4 is 21.6 Å². The number of hydrogen-bond acceptors (Lipinski definition) is 4. The predicted molar refractivity (Wildman–Crippen MR) is 83.1 cm³/mol. The Morgan fingerprint density at radius 2 is 2.00 bits per heavy atom. The van der Waals surface area contributed by atoms with E-state index in [-0.39, 0.29) is 18.5 Å². The van der Waals surface area contributed by atoms with Crippen LogP contribution in [0.2, 0.25) is 0 Å². The van der Waals surface area contributed by atoms with Crippen molar-refractivity contribution in [3.8, 4) is 5.75 Å². The van der Waals surface area contributed by atoms with Crippen molar-refractivity contribution < 1.29 is 17.9 Å². The van der Waals surface area contributed by atoms with Crippen LogP contribution in [0.5, 0.6) is 5.75 Å². The van der Waals surface area contributed by atoms with E-state index in [0.717, 1.165) is 17.0 Å². The quantitative estimate of drug-likeness (QED) is 0.825. The van der Waals surface area contributed by atoms with Gasteiger partial charge < -0.3 is 10.1 Å². The summed E-state index contributed by atoms with van der Waals surface area (Å²) in [5.41, 5.74) is 0.349. The highest BCUT2D eigenvalue weighted by Gasteiger charge is 2.23. The highest BCUT2D eigenvalue weighted by atomic mass is 32.2. The highest BCUT2D eigenvalue weighted by Crippen LogP contribution is 2.29. The van der Waals surface area contributed by atoms with Crippen molar-refractivity contribution in [2.45, 2.75) is 26.3 Å². The number of rotatable bonds is 7. The Hall–Kier alpha value is -1.76. The normalized spacial score (nSPS) is 12.6. The average molecular weight is 314 g/mol. The summed E-state index contributed by atoms with van der Waals surface area (Å²) in [7, 11) is -2.14. The van der Waals surface area contributed by atoms with Gasteiger partial charge in [0, 0.05) is 6.04 Å². The van der Waals surface area contributed by atoms with E-state index >= 15 is 0 Å². The van der Waals surface area contributed by atoms with Crippen LogP contribution in [0.25, 0.3) is 0 Å². The number of methoxy groups -OCH3 is 1. The van der Waals surface area contributed by atoms with Gasteiger partial charge in [-0.25, -0.2) is 8.42 Å². The summed E-state index contributed by atoms with van der Waals surface area (Å²) in [4.78, 5) is 12.0. The molecule has 7 heteroatoms. The summed E-state index contributed by atoms with van der Waals surface area (Å²) in [5.74, 6) is 0.0555. The van der Waals surface area contributed by atoms with Crippen LogP contribution in [-0.2, 0) is 14.8 Å².